The summed E-state index contributed by atoms with van der Waals surface area (Å²) in [6.07, 6.45) is -0.845. The van der Waals surface area contributed by atoms with Gasteiger partial charge in [0, 0.05) is 13.2 Å². The number of rotatable bonds is 6. The van der Waals surface area contributed by atoms with Crippen LogP contribution >= 0.6 is 0 Å². The van der Waals surface area contributed by atoms with Gasteiger partial charge in [0.05, 0.1) is 6.61 Å². The molecule has 1 atom stereocenters. The van der Waals surface area contributed by atoms with Crippen LogP contribution in [0.25, 0.3) is 0 Å². The van der Waals surface area contributed by atoms with Crippen molar-refractivity contribution >= 4 is 0 Å². The Kier molecular flexibility index (Phi) is 5.41. The maximum atomic E-state index is 9.31. The molecule has 0 spiro atoms. The number of hydrogen-bond donors (Lipinski definition) is 2. The fourth-order valence-corrected chi connectivity index (χ4v) is 0.995. The topological polar surface area (TPSA) is 58.9 Å². The third-order valence-electron chi connectivity index (χ3n) is 1.63. The van der Waals surface area contributed by atoms with Crippen LogP contribution in [0.15, 0.2) is 0 Å². The van der Waals surface area contributed by atoms with E-state index in [4.69, 9.17) is 14.6 Å². The third-order valence-corrected chi connectivity index (χ3v) is 1.63. The van der Waals surface area contributed by atoms with Crippen LogP contribution in [0.1, 0.15) is 20.8 Å². The van der Waals surface area contributed by atoms with Gasteiger partial charge >= 0.3 is 0 Å². The molecule has 2 N–H and O–H groups in total. The summed E-state index contributed by atoms with van der Waals surface area (Å²) in [5, 5.41) is 18.3. The highest BCUT2D eigenvalue weighted by Crippen LogP contribution is 2.17. The Morgan fingerprint density at radius 1 is 1.25 bits per heavy atom. The van der Waals surface area contributed by atoms with Gasteiger partial charge in [-0.15, -0.1) is 0 Å². The second kappa shape index (κ2) is 5.48. The first-order valence-corrected chi connectivity index (χ1v) is 4.19. The van der Waals surface area contributed by atoms with E-state index < -0.39 is 11.9 Å². The Balaban J connectivity index is 4.28. The SMILES string of the molecule is CCOC(CO)(OCC)C(C)O. The van der Waals surface area contributed by atoms with Crippen molar-refractivity contribution in [2.24, 2.45) is 0 Å². The molecular formula is C8H18O4. The summed E-state index contributed by atoms with van der Waals surface area (Å²) in [4.78, 5) is 0. The summed E-state index contributed by atoms with van der Waals surface area (Å²) in [5.74, 6) is -1.25. The van der Waals surface area contributed by atoms with Gasteiger partial charge in [0.25, 0.3) is 0 Å². The average molecular weight is 178 g/mol. The Morgan fingerprint density at radius 2 is 1.67 bits per heavy atom. The minimum absolute atomic E-state index is 0.341. The molecule has 0 saturated heterocycles. The summed E-state index contributed by atoms with van der Waals surface area (Å²) in [6.45, 7) is 5.54. The zero-order valence-corrected chi connectivity index (χ0v) is 7.91. The molecule has 0 radical (unpaired) electrons. The molecule has 0 bridgehead atoms. The first-order chi connectivity index (χ1) is 5.63. The van der Waals surface area contributed by atoms with Gasteiger partial charge in [-0.25, -0.2) is 0 Å². The lowest BCUT2D eigenvalue weighted by atomic mass is 10.2. The zero-order chi connectivity index (χ0) is 9.61. The van der Waals surface area contributed by atoms with E-state index in [9.17, 15) is 5.11 Å². The van der Waals surface area contributed by atoms with E-state index in [1.807, 2.05) is 0 Å². The van der Waals surface area contributed by atoms with Crippen molar-refractivity contribution in [2.45, 2.75) is 32.7 Å². The third kappa shape index (κ3) is 2.71. The van der Waals surface area contributed by atoms with Gasteiger partial charge in [-0.3, -0.25) is 0 Å². The Hall–Kier alpha value is -0.160. The summed E-state index contributed by atoms with van der Waals surface area (Å²) < 4.78 is 10.3. The number of aliphatic hydroxyl groups excluding tert-OH is 2. The average Bonchev–Trinajstić information content (AvgIpc) is 2.03. The zero-order valence-electron chi connectivity index (χ0n) is 7.91. The Morgan fingerprint density at radius 3 is 1.83 bits per heavy atom. The van der Waals surface area contributed by atoms with Crippen molar-refractivity contribution in [2.75, 3.05) is 19.8 Å². The van der Waals surface area contributed by atoms with E-state index in [0.717, 1.165) is 0 Å². The lowest BCUT2D eigenvalue weighted by Gasteiger charge is -2.33. The number of ether oxygens (including phenoxy) is 2. The van der Waals surface area contributed by atoms with Crippen LogP contribution in [-0.4, -0.2) is 41.9 Å². The molecule has 0 aliphatic carbocycles. The van der Waals surface area contributed by atoms with Crippen LogP contribution in [0.3, 0.4) is 0 Å². The Labute approximate surface area is 73.1 Å². The molecule has 0 aliphatic heterocycles. The van der Waals surface area contributed by atoms with E-state index in [1.165, 1.54) is 6.92 Å². The maximum absolute atomic E-state index is 9.31. The largest absolute Gasteiger partial charge is 0.391 e. The van der Waals surface area contributed by atoms with E-state index >= 15 is 0 Å². The molecule has 0 saturated carbocycles. The Bertz CT molecular complexity index is 108. The number of aliphatic hydroxyl groups is 2. The van der Waals surface area contributed by atoms with E-state index in [0.29, 0.717) is 13.2 Å². The molecule has 1 unspecified atom stereocenters. The molecule has 0 aromatic heterocycles. The summed E-state index contributed by atoms with van der Waals surface area (Å²) in [6, 6.07) is 0. The van der Waals surface area contributed by atoms with Crippen LogP contribution in [-0.2, 0) is 9.47 Å². The minimum atomic E-state index is -1.25. The van der Waals surface area contributed by atoms with Crippen molar-refractivity contribution in [1.82, 2.24) is 0 Å². The second-order valence-electron chi connectivity index (χ2n) is 2.51. The molecular weight excluding hydrogens is 160 g/mol. The van der Waals surface area contributed by atoms with E-state index in [2.05, 4.69) is 0 Å². The van der Waals surface area contributed by atoms with Gasteiger partial charge in [-0.2, -0.15) is 0 Å². The smallest absolute Gasteiger partial charge is 0.218 e. The van der Waals surface area contributed by atoms with Crippen LogP contribution in [0.4, 0.5) is 0 Å². The van der Waals surface area contributed by atoms with Crippen molar-refractivity contribution in [3.63, 3.8) is 0 Å². The van der Waals surface area contributed by atoms with Gasteiger partial charge < -0.3 is 19.7 Å². The molecule has 4 nitrogen and oxygen atoms in total. The van der Waals surface area contributed by atoms with Gasteiger partial charge in [-0.05, 0) is 20.8 Å². The monoisotopic (exact) mass is 178 g/mol. The van der Waals surface area contributed by atoms with Gasteiger partial charge in [0.2, 0.25) is 5.79 Å². The highest BCUT2D eigenvalue weighted by molar-refractivity contribution is 4.74. The molecule has 12 heavy (non-hydrogen) atoms. The van der Waals surface area contributed by atoms with Crippen LogP contribution in [0.2, 0.25) is 0 Å². The van der Waals surface area contributed by atoms with Crippen LogP contribution in [0, 0.1) is 0 Å². The van der Waals surface area contributed by atoms with Crippen molar-refractivity contribution in [3.8, 4) is 0 Å². The van der Waals surface area contributed by atoms with Gasteiger partial charge in [0.15, 0.2) is 0 Å². The van der Waals surface area contributed by atoms with Crippen molar-refractivity contribution in [3.05, 3.63) is 0 Å². The molecule has 0 fully saturated rings. The fourth-order valence-electron chi connectivity index (χ4n) is 0.995. The lowest BCUT2D eigenvalue weighted by Crippen LogP contribution is -2.49. The summed E-state index contributed by atoms with van der Waals surface area (Å²) in [5.41, 5.74) is 0. The first-order valence-electron chi connectivity index (χ1n) is 4.19. The minimum Gasteiger partial charge on any atom is -0.391 e. The summed E-state index contributed by atoms with van der Waals surface area (Å²) in [7, 11) is 0. The molecule has 0 aliphatic rings. The lowest BCUT2D eigenvalue weighted by molar-refractivity contribution is -0.290. The van der Waals surface area contributed by atoms with Crippen LogP contribution in [0.5, 0.6) is 0 Å². The van der Waals surface area contributed by atoms with Gasteiger partial charge in [0.1, 0.15) is 6.10 Å². The molecule has 0 rings (SSSR count). The van der Waals surface area contributed by atoms with Crippen molar-refractivity contribution < 1.29 is 19.7 Å². The highest BCUT2D eigenvalue weighted by Gasteiger charge is 2.36. The maximum Gasteiger partial charge on any atom is 0.218 e. The standard InChI is InChI=1S/C8H18O4/c1-4-11-8(6-9,7(3)10)12-5-2/h7,9-10H,4-6H2,1-3H3. The molecule has 0 aromatic rings. The predicted octanol–water partition coefficient (Wildman–Crippen LogP) is 0.129. The van der Waals surface area contributed by atoms with E-state index in [-0.39, 0.29) is 6.61 Å². The normalized spacial score (nSPS) is 14.8. The highest BCUT2D eigenvalue weighted by atomic mass is 16.7. The fraction of sp³-hybridized carbons (Fsp3) is 1.00. The molecule has 4 heteroatoms. The van der Waals surface area contributed by atoms with Crippen LogP contribution < -0.4 is 0 Å². The summed E-state index contributed by atoms with van der Waals surface area (Å²) >= 11 is 0. The molecule has 74 valence electrons. The molecule has 0 amide bonds. The van der Waals surface area contributed by atoms with Crippen molar-refractivity contribution in [1.29, 1.82) is 0 Å². The molecule has 0 heterocycles. The first kappa shape index (κ1) is 11.8. The second-order valence-corrected chi connectivity index (χ2v) is 2.51. The molecule has 0 aromatic carbocycles. The van der Waals surface area contributed by atoms with E-state index in [1.54, 1.807) is 13.8 Å². The van der Waals surface area contributed by atoms with Gasteiger partial charge in [-0.1, -0.05) is 0 Å². The quantitative estimate of drug-likeness (QED) is 0.567. The predicted molar refractivity (Wildman–Crippen MR) is 44.7 cm³/mol. The number of hydrogen-bond acceptors (Lipinski definition) is 4.